The number of rotatable bonds is 8. The van der Waals surface area contributed by atoms with Crippen LogP contribution in [0.5, 0.6) is 0 Å². The number of amides is 2. The first-order valence-electron chi connectivity index (χ1n) is 11.8. The lowest BCUT2D eigenvalue weighted by Crippen LogP contribution is -2.42. The lowest BCUT2D eigenvalue weighted by atomic mass is 9.92. The highest BCUT2D eigenvalue weighted by atomic mass is 35.5. The van der Waals surface area contributed by atoms with Crippen molar-refractivity contribution in [1.82, 2.24) is 15.1 Å². The third-order valence-electron chi connectivity index (χ3n) is 6.34. The lowest BCUT2D eigenvalue weighted by Gasteiger charge is -2.38. The number of carbonyl (C=O) groups excluding carboxylic acids is 2. The van der Waals surface area contributed by atoms with Crippen LogP contribution in [0.1, 0.15) is 51.6 Å². The summed E-state index contributed by atoms with van der Waals surface area (Å²) in [4.78, 5) is 35.0. The SMILES string of the molecule is CCN(CC)C(=O)C1=C(C)N=C2SC=C(CC(=O)NCC3CCCO3)N2C1c1cccc(Cl)c1. The number of likely N-dealkylation sites (N-methyl/N-ethyl adjacent to an activating group) is 1. The lowest BCUT2D eigenvalue weighted by molar-refractivity contribution is -0.127. The van der Waals surface area contributed by atoms with Gasteiger partial charge in [0.1, 0.15) is 0 Å². The second kappa shape index (κ2) is 11.0. The van der Waals surface area contributed by atoms with Gasteiger partial charge in [-0.25, -0.2) is 4.99 Å². The Balaban J connectivity index is 1.64. The predicted octanol–water partition coefficient (Wildman–Crippen LogP) is 4.47. The van der Waals surface area contributed by atoms with Gasteiger partial charge in [-0.1, -0.05) is 35.5 Å². The van der Waals surface area contributed by atoms with E-state index in [1.807, 2.05) is 55.3 Å². The summed E-state index contributed by atoms with van der Waals surface area (Å²) in [5.74, 6) is -0.120. The van der Waals surface area contributed by atoms with Gasteiger partial charge in [0.25, 0.3) is 5.91 Å². The molecule has 0 aromatic heterocycles. The van der Waals surface area contributed by atoms with Crippen molar-refractivity contribution in [3.05, 3.63) is 57.2 Å². The van der Waals surface area contributed by atoms with E-state index in [0.29, 0.717) is 35.9 Å². The van der Waals surface area contributed by atoms with E-state index in [4.69, 9.17) is 21.3 Å². The Hall–Kier alpha value is -2.29. The Labute approximate surface area is 210 Å². The molecule has 0 spiro atoms. The summed E-state index contributed by atoms with van der Waals surface area (Å²) in [5, 5.41) is 6.32. The molecule has 7 nitrogen and oxygen atoms in total. The molecule has 1 aromatic rings. The number of amidine groups is 1. The number of hydrogen-bond donors (Lipinski definition) is 1. The minimum atomic E-state index is -0.411. The Bertz CT molecular complexity index is 1040. The Morgan fingerprint density at radius 2 is 2.12 bits per heavy atom. The van der Waals surface area contributed by atoms with Crippen LogP contribution >= 0.6 is 23.4 Å². The van der Waals surface area contributed by atoms with Gasteiger partial charge in [0.2, 0.25) is 5.91 Å². The summed E-state index contributed by atoms with van der Waals surface area (Å²) in [6.45, 7) is 8.31. The normalized spacial score (nSPS) is 21.8. The van der Waals surface area contributed by atoms with Crippen LogP contribution in [0.15, 0.2) is 51.6 Å². The minimum Gasteiger partial charge on any atom is -0.376 e. The number of allylic oxidation sites excluding steroid dienone is 1. The molecule has 0 bridgehead atoms. The molecule has 182 valence electrons. The molecule has 3 heterocycles. The summed E-state index contributed by atoms with van der Waals surface area (Å²) in [7, 11) is 0. The smallest absolute Gasteiger partial charge is 0.254 e. The monoisotopic (exact) mass is 502 g/mol. The number of hydrogen-bond acceptors (Lipinski definition) is 6. The molecule has 3 aliphatic heterocycles. The van der Waals surface area contributed by atoms with Crippen LogP contribution in [-0.2, 0) is 14.3 Å². The topological polar surface area (TPSA) is 74.2 Å². The predicted molar refractivity (Wildman–Crippen MR) is 136 cm³/mol. The molecule has 1 aromatic carbocycles. The van der Waals surface area contributed by atoms with Crippen LogP contribution in [0.25, 0.3) is 0 Å². The fourth-order valence-electron chi connectivity index (χ4n) is 4.58. The van der Waals surface area contributed by atoms with Gasteiger partial charge in [-0.15, -0.1) is 0 Å². The zero-order chi connectivity index (χ0) is 24.2. The highest BCUT2D eigenvalue weighted by molar-refractivity contribution is 8.16. The number of fused-ring (bicyclic) bond motifs is 1. The highest BCUT2D eigenvalue weighted by Gasteiger charge is 2.41. The molecule has 2 atom stereocenters. The maximum atomic E-state index is 13.6. The third-order valence-corrected chi connectivity index (χ3v) is 7.46. The molecule has 1 fully saturated rings. The average molecular weight is 503 g/mol. The molecule has 1 N–H and O–H groups in total. The largest absolute Gasteiger partial charge is 0.376 e. The molecule has 2 amide bonds. The van der Waals surface area contributed by atoms with Crippen LogP contribution in [0.4, 0.5) is 0 Å². The highest BCUT2D eigenvalue weighted by Crippen LogP contribution is 2.45. The van der Waals surface area contributed by atoms with Crippen molar-refractivity contribution < 1.29 is 14.3 Å². The molecule has 0 aliphatic carbocycles. The molecule has 3 aliphatic rings. The molecular weight excluding hydrogens is 472 g/mol. The van der Waals surface area contributed by atoms with E-state index in [9.17, 15) is 9.59 Å². The van der Waals surface area contributed by atoms with E-state index in [0.717, 1.165) is 35.9 Å². The zero-order valence-electron chi connectivity index (χ0n) is 19.8. The molecule has 0 saturated carbocycles. The molecular formula is C25H31ClN4O3S. The molecule has 34 heavy (non-hydrogen) atoms. The van der Waals surface area contributed by atoms with Gasteiger partial charge in [-0.2, -0.15) is 0 Å². The maximum absolute atomic E-state index is 13.6. The Kier molecular flexibility index (Phi) is 8.01. The number of ether oxygens (including phenoxy) is 1. The van der Waals surface area contributed by atoms with E-state index in [-0.39, 0.29) is 24.3 Å². The van der Waals surface area contributed by atoms with Crippen LogP contribution < -0.4 is 5.32 Å². The van der Waals surface area contributed by atoms with E-state index < -0.39 is 6.04 Å². The van der Waals surface area contributed by atoms with Gasteiger partial charge < -0.3 is 19.9 Å². The van der Waals surface area contributed by atoms with Crippen molar-refractivity contribution in [3.63, 3.8) is 0 Å². The van der Waals surface area contributed by atoms with Crippen molar-refractivity contribution in [3.8, 4) is 0 Å². The van der Waals surface area contributed by atoms with Crippen molar-refractivity contribution >= 4 is 40.3 Å². The van der Waals surface area contributed by atoms with Crippen LogP contribution in [0.2, 0.25) is 5.02 Å². The summed E-state index contributed by atoms with van der Waals surface area (Å²) in [5.41, 5.74) is 3.01. The standard InChI is InChI=1S/C25H31ClN4O3S/c1-4-29(5-2)24(32)22-16(3)28-25-30(23(22)17-8-6-9-18(26)12-17)19(15-34-25)13-21(31)27-14-20-10-7-11-33-20/h6,8-9,12,15,20,23H,4-5,7,10-11,13-14H2,1-3H3,(H,27,31). The number of nitrogens with one attached hydrogen (secondary N) is 1. The summed E-state index contributed by atoms with van der Waals surface area (Å²) >= 11 is 7.83. The maximum Gasteiger partial charge on any atom is 0.254 e. The second-order valence-electron chi connectivity index (χ2n) is 8.54. The zero-order valence-corrected chi connectivity index (χ0v) is 21.4. The number of carbonyl (C=O) groups is 2. The van der Waals surface area contributed by atoms with Crippen molar-refractivity contribution in [2.24, 2.45) is 4.99 Å². The summed E-state index contributed by atoms with van der Waals surface area (Å²) in [6.07, 6.45) is 2.29. The number of aliphatic imine (C=N–C) groups is 1. The third kappa shape index (κ3) is 5.19. The Morgan fingerprint density at radius 3 is 2.79 bits per heavy atom. The molecule has 2 unspecified atom stereocenters. The van der Waals surface area contributed by atoms with Crippen LogP contribution in [-0.4, -0.2) is 59.1 Å². The summed E-state index contributed by atoms with van der Waals surface area (Å²) < 4.78 is 5.62. The summed E-state index contributed by atoms with van der Waals surface area (Å²) in [6, 6.07) is 7.15. The molecule has 1 saturated heterocycles. The molecule has 9 heteroatoms. The Morgan fingerprint density at radius 1 is 1.32 bits per heavy atom. The second-order valence-corrected chi connectivity index (χ2v) is 9.81. The fourth-order valence-corrected chi connectivity index (χ4v) is 5.74. The number of nitrogens with zero attached hydrogens (tertiary/aromatic N) is 3. The average Bonchev–Trinajstić information content (AvgIpc) is 3.47. The number of benzene rings is 1. The van der Waals surface area contributed by atoms with Gasteiger partial charge in [0.15, 0.2) is 5.17 Å². The quantitative estimate of drug-likeness (QED) is 0.567. The molecule has 0 radical (unpaired) electrons. The minimum absolute atomic E-state index is 0.0469. The van der Waals surface area contributed by atoms with Gasteiger partial charge in [-0.3, -0.25) is 9.59 Å². The van der Waals surface area contributed by atoms with E-state index in [1.165, 1.54) is 11.8 Å². The van der Waals surface area contributed by atoms with Gasteiger partial charge >= 0.3 is 0 Å². The number of halogens is 1. The van der Waals surface area contributed by atoms with E-state index in [1.54, 1.807) is 4.90 Å². The molecule has 4 rings (SSSR count). The van der Waals surface area contributed by atoms with Crippen molar-refractivity contribution in [1.29, 1.82) is 0 Å². The first-order valence-corrected chi connectivity index (χ1v) is 13.1. The van der Waals surface area contributed by atoms with Crippen molar-refractivity contribution in [2.75, 3.05) is 26.2 Å². The van der Waals surface area contributed by atoms with E-state index in [2.05, 4.69) is 5.32 Å². The number of thioether (sulfide) groups is 1. The van der Waals surface area contributed by atoms with Crippen LogP contribution in [0, 0.1) is 0 Å². The fraction of sp³-hybridized carbons (Fsp3) is 0.480. The van der Waals surface area contributed by atoms with Gasteiger partial charge in [-0.05, 0) is 56.7 Å². The van der Waals surface area contributed by atoms with Crippen molar-refractivity contribution in [2.45, 2.75) is 52.2 Å². The van der Waals surface area contributed by atoms with Gasteiger partial charge in [0, 0.05) is 37.0 Å². The first kappa shape index (κ1) is 24.8. The first-order chi connectivity index (χ1) is 16.4. The van der Waals surface area contributed by atoms with Gasteiger partial charge in [0.05, 0.1) is 29.8 Å². The van der Waals surface area contributed by atoms with E-state index >= 15 is 0 Å². The van der Waals surface area contributed by atoms with Crippen LogP contribution in [0.3, 0.4) is 0 Å².